The van der Waals surface area contributed by atoms with E-state index in [0.717, 1.165) is 28.3 Å². The molecular weight excluding hydrogens is 236 g/mol. The van der Waals surface area contributed by atoms with Crippen LogP contribution in [-0.4, -0.2) is 12.9 Å². The molecule has 0 saturated heterocycles. The van der Waals surface area contributed by atoms with Gasteiger partial charge in [-0.05, 0) is 38.0 Å². The van der Waals surface area contributed by atoms with Crippen molar-refractivity contribution in [2.45, 2.75) is 26.7 Å². The summed E-state index contributed by atoms with van der Waals surface area (Å²) < 4.78 is 5.28. The van der Waals surface area contributed by atoms with Crippen molar-refractivity contribution >= 4 is 23.5 Å². The third-order valence-corrected chi connectivity index (χ3v) is 2.88. The van der Waals surface area contributed by atoms with Crippen LogP contribution in [-0.2, 0) is 4.79 Å². The molecular formula is C14H17ClO2. The Kier molecular flexibility index (Phi) is 5.23. The van der Waals surface area contributed by atoms with Crippen LogP contribution in [0.3, 0.4) is 0 Å². The van der Waals surface area contributed by atoms with Gasteiger partial charge >= 0.3 is 0 Å². The third kappa shape index (κ3) is 4.23. The lowest BCUT2D eigenvalue weighted by molar-refractivity contribution is -0.116. The summed E-state index contributed by atoms with van der Waals surface area (Å²) in [4.78, 5) is 10.8. The molecule has 1 rings (SSSR count). The number of methoxy groups -OCH3 is 1. The molecule has 0 saturated carbocycles. The predicted octanol–water partition coefficient (Wildman–Crippen LogP) is 4.04. The third-order valence-electron chi connectivity index (χ3n) is 2.47. The molecule has 0 radical (unpaired) electrons. The average Bonchev–Trinajstić information content (AvgIpc) is 2.28. The first-order valence-electron chi connectivity index (χ1n) is 5.54. The molecule has 3 heteroatoms. The summed E-state index contributed by atoms with van der Waals surface area (Å²) in [5.74, 6) is 0.995. The lowest BCUT2D eigenvalue weighted by Gasteiger charge is -2.07. The van der Waals surface area contributed by atoms with E-state index in [2.05, 4.69) is 0 Å². The quantitative estimate of drug-likeness (QED) is 0.791. The maximum absolute atomic E-state index is 10.8. The number of ketones is 1. The summed E-state index contributed by atoms with van der Waals surface area (Å²) in [5.41, 5.74) is 1.93. The fraction of sp³-hybridized carbons (Fsp3) is 0.357. The summed E-state index contributed by atoms with van der Waals surface area (Å²) in [6.45, 7) is 3.53. The second kappa shape index (κ2) is 6.45. The van der Waals surface area contributed by atoms with Gasteiger partial charge in [0.05, 0.1) is 7.11 Å². The Morgan fingerprint density at radius 2 is 2.18 bits per heavy atom. The Hall–Kier alpha value is -1.28. The molecule has 0 fully saturated rings. The van der Waals surface area contributed by atoms with Crippen molar-refractivity contribution in [3.63, 3.8) is 0 Å². The topological polar surface area (TPSA) is 26.3 Å². The molecule has 0 N–H and O–H groups in total. The van der Waals surface area contributed by atoms with Gasteiger partial charge in [-0.25, -0.2) is 0 Å². The number of hydrogen-bond acceptors (Lipinski definition) is 2. The monoisotopic (exact) mass is 252 g/mol. The highest BCUT2D eigenvalue weighted by Gasteiger charge is 2.03. The molecule has 1 aromatic rings. The molecule has 0 aliphatic carbocycles. The van der Waals surface area contributed by atoms with E-state index >= 15 is 0 Å². The molecule has 0 amide bonds. The first-order chi connectivity index (χ1) is 8.04. The van der Waals surface area contributed by atoms with Crippen LogP contribution in [0.15, 0.2) is 18.2 Å². The lowest BCUT2D eigenvalue weighted by Crippen LogP contribution is -1.89. The Labute approximate surface area is 107 Å². The zero-order valence-corrected chi connectivity index (χ0v) is 11.2. The summed E-state index contributed by atoms with van der Waals surface area (Å²) in [6, 6.07) is 3.78. The summed E-state index contributed by atoms with van der Waals surface area (Å²) in [5, 5.41) is 0.719. The predicted molar refractivity (Wildman–Crippen MR) is 71.7 cm³/mol. The van der Waals surface area contributed by atoms with Crippen molar-refractivity contribution in [3.05, 3.63) is 34.4 Å². The largest absolute Gasteiger partial charge is 0.496 e. The van der Waals surface area contributed by atoms with E-state index in [1.54, 1.807) is 14.0 Å². The number of rotatable bonds is 5. The lowest BCUT2D eigenvalue weighted by atomic mass is 10.1. The Morgan fingerprint density at radius 3 is 2.76 bits per heavy atom. The molecule has 17 heavy (non-hydrogen) atoms. The van der Waals surface area contributed by atoms with Crippen LogP contribution < -0.4 is 4.74 Å². The summed E-state index contributed by atoms with van der Waals surface area (Å²) in [7, 11) is 1.63. The van der Waals surface area contributed by atoms with Gasteiger partial charge < -0.3 is 9.53 Å². The molecule has 0 bridgehead atoms. The maximum atomic E-state index is 10.8. The second-order valence-corrected chi connectivity index (χ2v) is 4.39. The van der Waals surface area contributed by atoms with Gasteiger partial charge in [0.15, 0.2) is 0 Å². The number of benzene rings is 1. The zero-order chi connectivity index (χ0) is 12.8. The number of halogens is 1. The minimum absolute atomic E-state index is 0.198. The molecule has 92 valence electrons. The fourth-order valence-electron chi connectivity index (χ4n) is 1.47. The molecule has 0 aliphatic rings. The van der Waals surface area contributed by atoms with Crippen molar-refractivity contribution in [1.82, 2.24) is 0 Å². The van der Waals surface area contributed by atoms with Crippen LogP contribution in [0.5, 0.6) is 5.75 Å². The SMILES string of the molecule is COc1cc(C)c(Cl)cc1/C=C/CCC(C)=O. The highest BCUT2D eigenvalue weighted by Crippen LogP contribution is 2.27. The van der Waals surface area contributed by atoms with Crippen molar-refractivity contribution < 1.29 is 9.53 Å². The minimum Gasteiger partial charge on any atom is -0.496 e. The van der Waals surface area contributed by atoms with Gasteiger partial charge in [-0.1, -0.05) is 23.8 Å². The van der Waals surface area contributed by atoms with Crippen molar-refractivity contribution in [3.8, 4) is 5.75 Å². The Bertz CT molecular complexity index is 436. The molecule has 0 spiro atoms. The molecule has 0 aliphatic heterocycles. The molecule has 0 unspecified atom stereocenters. The number of hydrogen-bond donors (Lipinski definition) is 0. The van der Waals surface area contributed by atoms with E-state index in [4.69, 9.17) is 16.3 Å². The number of ether oxygens (including phenoxy) is 1. The van der Waals surface area contributed by atoms with Crippen molar-refractivity contribution in [2.24, 2.45) is 0 Å². The minimum atomic E-state index is 0.198. The van der Waals surface area contributed by atoms with Gasteiger partial charge in [-0.3, -0.25) is 0 Å². The standard InChI is InChI=1S/C14H17ClO2/c1-10-8-14(17-3)12(9-13(10)15)7-5-4-6-11(2)16/h5,7-9H,4,6H2,1-3H3/b7-5+. The van der Waals surface area contributed by atoms with Gasteiger partial charge in [0.25, 0.3) is 0 Å². The van der Waals surface area contributed by atoms with E-state index in [-0.39, 0.29) is 5.78 Å². The normalized spacial score (nSPS) is 10.8. The number of allylic oxidation sites excluding steroid dienone is 1. The first kappa shape index (κ1) is 13.8. The molecule has 1 aromatic carbocycles. The van der Waals surface area contributed by atoms with Crippen molar-refractivity contribution in [1.29, 1.82) is 0 Å². The van der Waals surface area contributed by atoms with Crippen molar-refractivity contribution in [2.75, 3.05) is 7.11 Å². The van der Waals surface area contributed by atoms with Gasteiger partial charge in [-0.2, -0.15) is 0 Å². The Balaban J connectivity index is 2.82. The smallest absolute Gasteiger partial charge is 0.130 e. The summed E-state index contributed by atoms with van der Waals surface area (Å²) >= 11 is 6.06. The molecule has 0 atom stereocenters. The first-order valence-corrected chi connectivity index (χ1v) is 5.92. The highest BCUT2D eigenvalue weighted by molar-refractivity contribution is 6.31. The molecule has 2 nitrogen and oxygen atoms in total. The maximum Gasteiger partial charge on any atom is 0.130 e. The number of carbonyl (C=O) groups is 1. The highest BCUT2D eigenvalue weighted by atomic mass is 35.5. The molecule has 0 aromatic heterocycles. The zero-order valence-electron chi connectivity index (χ0n) is 10.4. The van der Waals surface area contributed by atoms with Gasteiger partial charge in [0, 0.05) is 17.0 Å². The van der Waals surface area contributed by atoms with E-state index in [1.807, 2.05) is 31.2 Å². The number of carbonyl (C=O) groups excluding carboxylic acids is 1. The number of aryl methyl sites for hydroxylation is 1. The van der Waals surface area contributed by atoms with Gasteiger partial charge in [0.1, 0.15) is 11.5 Å². The van der Waals surface area contributed by atoms with Crippen LogP contribution in [0.4, 0.5) is 0 Å². The van der Waals surface area contributed by atoms with E-state index < -0.39 is 0 Å². The summed E-state index contributed by atoms with van der Waals surface area (Å²) in [6.07, 6.45) is 5.21. The molecule has 0 heterocycles. The fourth-order valence-corrected chi connectivity index (χ4v) is 1.65. The van der Waals surface area contributed by atoms with Gasteiger partial charge in [0.2, 0.25) is 0 Å². The van der Waals surface area contributed by atoms with Crippen LogP contribution in [0.1, 0.15) is 30.9 Å². The van der Waals surface area contributed by atoms with Crippen LogP contribution in [0.2, 0.25) is 5.02 Å². The van der Waals surface area contributed by atoms with E-state index in [0.29, 0.717) is 6.42 Å². The van der Waals surface area contributed by atoms with Crippen LogP contribution in [0, 0.1) is 6.92 Å². The van der Waals surface area contributed by atoms with Gasteiger partial charge in [-0.15, -0.1) is 0 Å². The Morgan fingerprint density at radius 1 is 1.47 bits per heavy atom. The second-order valence-electron chi connectivity index (χ2n) is 3.99. The van der Waals surface area contributed by atoms with E-state index in [1.165, 1.54) is 0 Å². The van der Waals surface area contributed by atoms with E-state index in [9.17, 15) is 4.79 Å². The number of Topliss-reactive ketones (excluding diaryl/α,β-unsaturated/α-hetero) is 1. The van der Waals surface area contributed by atoms with Crippen LogP contribution in [0.25, 0.3) is 6.08 Å². The average molecular weight is 253 g/mol. The van der Waals surface area contributed by atoms with Crippen LogP contribution >= 0.6 is 11.6 Å².